The molecule has 24 heteroatoms. The number of fused-ring (bicyclic) bond motifs is 2. The molecule has 0 aliphatic carbocycles. The van der Waals surface area contributed by atoms with E-state index in [1.165, 1.54) is 83.7 Å². The van der Waals surface area contributed by atoms with E-state index in [9.17, 15) is 19.1 Å². The fourth-order valence-electron chi connectivity index (χ4n) is 8.99. The van der Waals surface area contributed by atoms with Crippen molar-refractivity contribution in [3.05, 3.63) is 169 Å². The number of H-pyrrole nitrogens is 1. The number of amides is 2. The zero-order valence-corrected chi connectivity index (χ0v) is 43.8. The minimum atomic E-state index is -3.62. The summed E-state index contributed by atoms with van der Waals surface area (Å²) < 4.78 is 95.0. The maximum Gasteiger partial charge on any atom is 0.315 e. The number of carbonyl (C=O) groups is 2. The maximum atomic E-state index is 16.0. The van der Waals surface area contributed by atoms with Gasteiger partial charge in [-0.1, -0.05) is 37.4 Å². The number of hydrogen-bond donors (Lipinski definition) is 7. The topological polar surface area (TPSA) is 208 Å². The molecule has 0 bridgehead atoms. The number of anilines is 8. The highest BCUT2D eigenvalue weighted by Crippen LogP contribution is 2.42. The van der Waals surface area contributed by atoms with Gasteiger partial charge in [-0.15, -0.1) is 0 Å². The molecule has 2 amide bonds. The first-order valence-electron chi connectivity index (χ1n) is 25.1. The molecule has 2 saturated heterocycles. The van der Waals surface area contributed by atoms with Crippen LogP contribution in [0.2, 0.25) is 0 Å². The van der Waals surface area contributed by atoms with Gasteiger partial charge in [-0.3, -0.25) is 9.59 Å². The fraction of sp³-hybridized carbons (Fsp3) is 0.250. The lowest BCUT2D eigenvalue weighted by molar-refractivity contribution is -0.112. The van der Waals surface area contributed by atoms with Crippen LogP contribution in [0.4, 0.5) is 72.4 Å². The van der Waals surface area contributed by atoms with Gasteiger partial charge in [0, 0.05) is 117 Å². The van der Waals surface area contributed by atoms with E-state index < -0.39 is 59.0 Å². The molecule has 4 aromatic carbocycles. The maximum absolute atomic E-state index is 16.0. The first kappa shape index (κ1) is 57.3. The van der Waals surface area contributed by atoms with E-state index in [0.29, 0.717) is 43.2 Å². The first-order chi connectivity index (χ1) is 38.4. The van der Waals surface area contributed by atoms with E-state index in [-0.39, 0.29) is 56.6 Å². The molecule has 10 rings (SSSR count). The summed E-state index contributed by atoms with van der Waals surface area (Å²) in [6.45, 7) is 12.4. The highest BCUT2D eigenvalue weighted by Gasteiger charge is 2.40. The number of carbonyl (C=O) groups excluding carboxylic acids is 2. The van der Waals surface area contributed by atoms with E-state index in [1.54, 1.807) is 24.3 Å². The smallest absolute Gasteiger partial charge is 0.315 e. The van der Waals surface area contributed by atoms with E-state index in [4.69, 9.17) is 5.11 Å². The number of halogens is 6. The van der Waals surface area contributed by atoms with Gasteiger partial charge in [0.2, 0.25) is 23.7 Å². The van der Waals surface area contributed by atoms with Crippen LogP contribution in [0, 0.1) is 11.6 Å². The Morgan fingerprint density at radius 1 is 0.613 bits per heavy atom. The van der Waals surface area contributed by atoms with E-state index in [2.05, 4.69) is 69.1 Å². The average Bonchev–Trinajstić information content (AvgIpc) is 4.12. The van der Waals surface area contributed by atoms with Crippen LogP contribution in [-0.2, 0) is 28.2 Å². The van der Waals surface area contributed by atoms with Crippen LogP contribution in [0.5, 0.6) is 0 Å². The van der Waals surface area contributed by atoms with Gasteiger partial charge in [0.05, 0.1) is 11.4 Å². The highest BCUT2D eigenvalue weighted by molar-refractivity contribution is 5.99. The molecule has 4 aromatic heterocycles. The predicted molar refractivity (Wildman–Crippen MR) is 297 cm³/mol. The van der Waals surface area contributed by atoms with Gasteiger partial charge in [-0.05, 0) is 99.0 Å². The number of piperazine rings is 2. The van der Waals surface area contributed by atoms with Crippen molar-refractivity contribution >= 4 is 79.9 Å². The Labute approximate surface area is 456 Å². The fourth-order valence-corrected chi connectivity index (χ4v) is 8.99. The zero-order valence-electron chi connectivity index (χ0n) is 43.8. The zero-order chi connectivity index (χ0) is 57.3. The summed E-state index contributed by atoms with van der Waals surface area (Å²) in [4.78, 5) is 51.4. The van der Waals surface area contributed by atoms with E-state index in [1.807, 2.05) is 23.9 Å². The monoisotopic (exact) mass is 1100 g/mol. The van der Waals surface area contributed by atoms with Gasteiger partial charge in [-0.2, -0.15) is 27.5 Å². The normalized spacial score (nSPS) is 14.1. The Morgan fingerprint density at radius 3 is 1.52 bits per heavy atom. The van der Waals surface area contributed by atoms with E-state index >= 15 is 22.0 Å². The number of aliphatic hydroxyl groups is 2. The number of hydrogen-bond acceptors (Lipinski definition) is 14. The molecule has 6 heterocycles. The van der Waals surface area contributed by atoms with Gasteiger partial charge >= 0.3 is 11.8 Å². The quantitative estimate of drug-likeness (QED) is 0.0379. The molecular weight excluding hydrogens is 1050 g/mol. The van der Waals surface area contributed by atoms with Crippen LogP contribution in [0.3, 0.4) is 0 Å². The minimum absolute atomic E-state index is 0.0294. The summed E-state index contributed by atoms with van der Waals surface area (Å²) in [6, 6.07) is 22.6. The van der Waals surface area contributed by atoms with Crippen LogP contribution < -0.4 is 31.1 Å². The van der Waals surface area contributed by atoms with Gasteiger partial charge < -0.3 is 60.6 Å². The number of aromatic nitrogens is 6. The van der Waals surface area contributed by atoms with Crippen LogP contribution in [0.25, 0.3) is 22.1 Å². The molecule has 80 heavy (non-hydrogen) atoms. The van der Waals surface area contributed by atoms with Crippen molar-refractivity contribution in [3.63, 3.8) is 0 Å². The van der Waals surface area contributed by atoms with Crippen LogP contribution in [0.1, 0.15) is 22.5 Å². The van der Waals surface area contributed by atoms with Crippen molar-refractivity contribution in [2.24, 2.45) is 0 Å². The van der Waals surface area contributed by atoms with Crippen molar-refractivity contribution in [2.45, 2.75) is 18.6 Å². The molecular formula is C56H58F6N14O4. The molecule has 0 spiro atoms. The van der Waals surface area contributed by atoms with Crippen molar-refractivity contribution in [1.82, 2.24) is 39.3 Å². The second-order valence-electron chi connectivity index (χ2n) is 18.6. The number of benzene rings is 4. The molecule has 0 saturated carbocycles. The van der Waals surface area contributed by atoms with Crippen molar-refractivity contribution in [2.75, 3.05) is 105 Å². The van der Waals surface area contributed by atoms with Crippen molar-refractivity contribution < 1.29 is 46.1 Å². The molecule has 8 aromatic rings. The Hall–Kier alpha value is -8.84. The van der Waals surface area contributed by atoms with Crippen LogP contribution >= 0.6 is 0 Å². The average molecular weight is 1110 g/mol. The number of aliphatic hydroxyl groups excluding tert-OH is 2. The number of rotatable bonds is 15. The molecule has 418 valence electrons. The SMILES string of the molecule is C=CC(=O)Nc1cccc(C(F)(F)c2nc(Nc3ccc(N4CCN(C)CC4)c(F)c3)nc3[nH]ccc23)c1.C=CC(=O)Nc1cccc(C(F)(F)c2nc(Nc3ccc(N4CCN(C)CC4)c(F)c3)nc3c2ccn3CO)c1.CO. The standard InChI is InChI=1S/C28H28F3N7O2.C27H26F3N7O.CH4O/c1-3-24(40)32-19-6-4-5-18(15-19)28(30,31)25-21-9-10-38(17-39)26(21)35-27(34-25)33-20-7-8-23(22(29)16-20)37-13-11-36(2)12-14-37;1-3-23(38)32-18-6-4-5-17(15-18)27(29,30)24-20-9-10-31-25(20)35-26(34-24)33-19-7-8-22(21(28)16-19)37-13-11-36(2)12-14-37;1-2/h3-10,15-16,39H,1,11-14,17H2,2H3,(H,32,40)(H,33,34,35);3-10,15-16H,1,11-14H2,2H3,(H,32,38)(H2,31,33,34,35);2H,1H3. The summed E-state index contributed by atoms with van der Waals surface area (Å²) >= 11 is 0. The molecule has 18 nitrogen and oxygen atoms in total. The molecule has 0 unspecified atom stereocenters. The number of aromatic amines is 1. The Balaban J connectivity index is 0.000000204. The number of nitrogens with zero attached hydrogens (tertiary/aromatic N) is 9. The van der Waals surface area contributed by atoms with Gasteiger partial charge in [0.25, 0.3) is 0 Å². The molecule has 2 aliphatic rings. The third-order valence-corrected chi connectivity index (χ3v) is 13.2. The third kappa shape index (κ3) is 12.8. The second kappa shape index (κ2) is 24.9. The highest BCUT2D eigenvalue weighted by atomic mass is 19.3. The Bertz CT molecular complexity index is 3520. The lowest BCUT2D eigenvalue weighted by Crippen LogP contribution is -2.44. The lowest BCUT2D eigenvalue weighted by Gasteiger charge is -2.34. The third-order valence-electron chi connectivity index (χ3n) is 13.2. The van der Waals surface area contributed by atoms with Gasteiger partial charge in [0.1, 0.15) is 41.0 Å². The molecule has 0 radical (unpaired) electrons. The first-order valence-corrected chi connectivity index (χ1v) is 25.1. The summed E-state index contributed by atoms with van der Waals surface area (Å²) in [5.41, 5.74) is 0.240. The van der Waals surface area contributed by atoms with Crippen molar-refractivity contribution in [1.29, 1.82) is 0 Å². The molecule has 2 fully saturated rings. The molecule has 2 aliphatic heterocycles. The number of nitrogens with one attached hydrogen (secondary N) is 5. The summed E-state index contributed by atoms with van der Waals surface area (Å²) in [5.74, 6) is -9.41. The van der Waals surface area contributed by atoms with Gasteiger partial charge in [0.15, 0.2) is 0 Å². The van der Waals surface area contributed by atoms with Crippen molar-refractivity contribution in [3.8, 4) is 0 Å². The molecule has 0 atom stereocenters. The summed E-state index contributed by atoms with van der Waals surface area (Å²) in [5, 5.41) is 27.6. The second-order valence-corrected chi connectivity index (χ2v) is 18.6. The molecule has 7 N–H and O–H groups in total. The Kier molecular flexibility index (Phi) is 17.8. The number of alkyl halides is 4. The largest absolute Gasteiger partial charge is 0.400 e. The summed E-state index contributed by atoms with van der Waals surface area (Å²) in [7, 11) is 5.04. The summed E-state index contributed by atoms with van der Waals surface area (Å²) in [6.07, 6.45) is 5.01. The van der Waals surface area contributed by atoms with Crippen LogP contribution in [0.15, 0.2) is 135 Å². The van der Waals surface area contributed by atoms with E-state index in [0.717, 1.165) is 51.5 Å². The minimum Gasteiger partial charge on any atom is -0.400 e. The van der Waals surface area contributed by atoms with Gasteiger partial charge in [-0.25, -0.2) is 18.7 Å². The Morgan fingerprint density at radius 2 is 1.07 bits per heavy atom. The number of likely N-dealkylation sites (N-methyl/N-ethyl adjacent to an activating group) is 2. The predicted octanol–water partition coefficient (Wildman–Crippen LogP) is 8.75. The van der Waals surface area contributed by atoms with Crippen LogP contribution in [-0.4, -0.2) is 135 Å². The lowest BCUT2D eigenvalue weighted by atomic mass is 10.0.